The van der Waals surface area contributed by atoms with Crippen LogP contribution in [-0.4, -0.2) is 41.4 Å². The summed E-state index contributed by atoms with van der Waals surface area (Å²) in [6.45, 7) is 1.68. The van der Waals surface area contributed by atoms with Crippen molar-refractivity contribution in [3.8, 4) is 0 Å². The quantitative estimate of drug-likeness (QED) is 0.786. The van der Waals surface area contributed by atoms with Gasteiger partial charge in [-0.1, -0.05) is 36.4 Å². The van der Waals surface area contributed by atoms with Crippen LogP contribution in [0.3, 0.4) is 0 Å². The highest BCUT2D eigenvalue weighted by molar-refractivity contribution is 6.25. The molecule has 148 valence electrons. The van der Waals surface area contributed by atoms with Gasteiger partial charge in [0.1, 0.15) is 12.4 Å². The van der Waals surface area contributed by atoms with Gasteiger partial charge >= 0.3 is 0 Å². The molecule has 3 amide bonds. The molecule has 2 aromatic carbocycles. The summed E-state index contributed by atoms with van der Waals surface area (Å²) in [6.07, 6.45) is 0.840. The van der Waals surface area contributed by atoms with Gasteiger partial charge < -0.3 is 5.32 Å². The monoisotopic (exact) mass is 395 g/mol. The Morgan fingerprint density at radius 3 is 2.52 bits per heavy atom. The summed E-state index contributed by atoms with van der Waals surface area (Å²) < 4.78 is 13.7. The maximum atomic E-state index is 13.7. The third-order valence-electron chi connectivity index (χ3n) is 4.91. The van der Waals surface area contributed by atoms with Crippen LogP contribution in [0.25, 0.3) is 0 Å². The number of halogens is 1. The topological polar surface area (TPSA) is 94.4 Å². The van der Waals surface area contributed by atoms with Crippen molar-refractivity contribution in [2.75, 3.05) is 16.8 Å². The van der Waals surface area contributed by atoms with Crippen molar-refractivity contribution in [2.45, 2.75) is 25.4 Å². The van der Waals surface area contributed by atoms with Crippen LogP contribution in [0.2, 0.25) is 0 Å². The van der Waals surface area contributed by atoms with E-state index in [4.69, 9.17) is 0 Å². The fraction of sp³-hybridized carbons (Fsp3) is 0.250. The van der Waals surface area contributed by atoms with E-state index < -0.39 is 35.6 Å². The van der Waals surface area contributed by atoms with Gasteiger partial charge in [-0.2, -0.15) is 5.11 Å². The molecule has 0 aromatic heterocycles. The number of imide groups is 1. The molecule has 0 spiro atoms. The predicted molar refractivity (Wildman–Crippen MR) is 102 cm³/mol. The molecule has 1 saturated heterocycles. The first-order valence-corrected chi connectivity index (χ1v) is 9.18. The number of aryl methyl sites for hydroxylation is 1. The molecule has 0 saturated carbocycles. The smallest absolute Gasteiger partial charge is 0.263 e. The minimum atomic E-state index is -0.991. The summed E-state index contributed by atoms with van der Waals surface area (Å²) in [5.74, 6) is -2.12. The Labute approximate surface area is 166 Å². The van der Waals surface area contributed by atoms with Gasteiger partial charge in [0.05, 0.1) is 11.4 Å². The number of carbonyl (C=O) groups excluding carboxylic acids is 3. The van der Waals surface area contributed by atoms with Crippen LogP contribution in [-0.2, 0) is 20.8 Å². The molecule has 2 atom stereocenters. The van der Waals surface area contributed by atoms with E-state index in [0.717, 1.165) is 16.9 Å². The molecule has 1 fully saturated rings. The Balaban J connectivity index is 1.49. The summed E-state index contributed by atoms with van der Waals surface area (Å²) in [4.78, 5) is 39.0. The van der Waals surface area contributed by atoms with E-state index in [1.54, 1.807) is 18.2 Å². The minimum Gasteiger partial charge on any atom is -0.322 e. The molecule has 0 aliphatic carbocycles. The number of hydrogen-bond acceptors (Lipinski definition) is 6. The maximum Gasteiger partial charge on any atom is 0.263 e. The number of nitrogens with zero attached hydrogens (tertiary/aromatic N) is 4. The fourth-order valence-corrected chi connectivity index (χ4v) is 3.39. The van der Waals surface area contributed by atoms with E-state index in [2.05, 4.69) is 15.7 Å². The molecule has 0 radical (unpaired) electrons. The first kappa shape index (κ1) is 18.7. The third kappa shape index (κ3) is 3.35. The zero-order chi connectivity index (χ0) is 20.5. The van der Waals surface area contributed by atoms with Crippen molar-refractivity contribution >= 4 is 29.1 Å². The van der Waals surface area contributed by atoms with Crippen molar-refractivity contribution < 1.29 is 18.8 Å². The molecular formula is C20H18FN5O3. The van der Waals surface area contributed by atoms with Crippen LogP contribution in [0, 0.1) is 5.82 Å². The molecule has 0 bridgehead atoms. The van der Waals surface area contributed by atoms with Gasteiger partial charge in [0, 0.05) is 0 Å². The van der Waals surface area contributed by atoms with E-state index in [1.807, 2.05) is 19.1 Å². The highest BCUT2D eigenvalue weighted by atomic mass is 19.1. The van der Waals surface area contributed by atoms with Gasteiger partial charge in [-0.3, -0.25) is 19.4 Å². The lowest BCUT2D eigenvalue weighted by Gasteiger charge is -2.20. The molecule has 2 aliphatic heterocycles. The molecule has 29 heavy (non-hydrogen) atoms. The van der Waals surface area contributed by atoms with Gasteiger partial charge in [-0.05, 0) is 36.2 Å². The third-order valence-corrected chi connectivity index (χ3v) is 4.91. The number of carbonyl (C=O) groups is 3. The second kappa shape index (κ2) is 7.42. The molecule has 2 aliphatic rings. The molecule has 2 aromatic rings. The van der Waals surface area contributed by atoms with Crippen LogP contribution in [0.5, 0.6) is 0 Å². The van der Waals surface area contributed by atoms with Crippen molar-refractivity contribution in [2.24, 2.45) is 10.3 Å². The average Bonchev–Trinajstić information content (AvgIpc) is 3.23. The number of nitrogens with one attached hydrogen (secondary N) is 1. The Bertz CT molecular complexity index is 1010. The predicted octanol–water partition coefficient (Wildman–Crippen LogP) is 2.32. The van der Waals surface area contributed by atoms with E-state index in [9.17, 15) is 18.8 Å². The first-order chi connectivity index (χ1) is 14.0. The SMILES string of the molecule is CCc1ccc(N2C(=O)[C@@H]3[C@@H](N=NN3CC(=O)Nc3ccccc3F)C2=O)cc1. The van der Waals surface area contributed by atoms with Crippen LogP contribution in [0.15, 0.2) is 58.9 Å². The van der Waals surface area contributed by atoms with E-state index in [-0.39, 0.29) is 12.2 Å². The Hall–Kier alpha value is -3.62. The number of hydrogen-bond donors (Lipinski definition) is 1. The van der Waals surface area contributed by atoms with Gasteiger partial charge in [-0.15, -0.1) is 0 Å². The lowest BCUT2D eigenvalue weighted by molar-refractivity contribution is -0.123. The molecule has 4 rings (SSSR count). The van der Waals surface area contributed by atoms with Gasteiger partial charge in [0.2, 0.25) is 5.91 Å². The summed E-state index contributed by atoms with van der Waals surface area (Å²) in [5, 5.41) is 11.3. The van der Waals surface area contributed by atoms with E-state index in [0.29, 0.717) is 5.69 Å². The second-order valence-corrected chi connectivity index (χ2v) is 6.75. The number of para-hydroxylation sites is 1. The molecular weight excluding hydrogens is 377 g/mol. The van der Waals surface area contributed by atoms with E-state index in [1.165, 1.54) is 23.2 Å². The molecule has 1 N–H and O–H groups in total. The van der Waals surface area contributed by atoms with Crippen LogP contribution in [0.1, 0.15) is 12.5 Å². The summed E-state index contributed by atoms with van der Waals surface area (Å²) >= 11 is 0. The first-order valence-electron chi connectivity index (χ1n) is 9.18. The van der Waals surface area contributed by atoms with Gasteiger partial charge in [-0.25, -0.2) is 9.29 Å². The lowest BCUT2D eigenvalue weighted by atomic mass is 10.1. The van der Waals surface area contributed by atoms with Crippen molar-refractivity contribution in [3.05, 3.63) is 59.9 Å². The van der Waals surface area contributed by atoms with Crippen molar-refractivity contribution in [1.29, 1.82) is 0 Å². The molecule has 0 unspecified atom stereocenters. The largest absolute Gasteiger partial charge is 0.322 e. The number of amides is 3. The van der Waals surface area contributed by atoms with Crippen molar-refractivity contribution in [3.63, 3.8) is 0 Å². The maximum absolute atomic E-state index is 13.7. The van der Waals surface area contributed by atoms with Gasteiger partial charge in [0.15, 0.2) is 12.1 Å². The van der Waals surface area contributed by atoms with Gasteiger partial charge in [0.25, 0.3) is 11.8 Å². The minimum absolute atomic E-state index is 0.0247. The van der Waals surface area contributed by atoms with Crippen LogP contribution >= 0.6 is 0 Å². The zero-order valence-electron chi connectivity index (χ0n) is 15.6. The number of fused-ring (bicyclic) bond motifs is 1. The number of rotatable bonds is 5. The highest BCUT2D eigenvalue weighted by Crippen LogP contribution is 2.32. The Morgan fingerprint density at radius 2 is 1.83 bits per heavy atom. The fourth-order valence-electron chi connectivity index (χ4n) is 3.39. The Morgan fingerprint density at radius 1 is 1.10 bits per heavy atom. The lowest BCUT2D eigenvalue weighted by Crippen LogP contribution is -2.43. The van der Waals surface area contributed by atoms with E-state index >= 15 is 0 Å². The Kier molecular flexibility index (Phi) is 4.79. The molecule has 8 nitrogen and oxygen atoms in total. The second-order valence-electron chi connectivity index (χ2n) is 6.75. The number of anilines is 2. The zero-order valence-corrected chi connectivity index (χ0v) is 15.6. The van der Waals surface area contributed by atoms with Crippen molar-refractivity contribution in [1.82, 2.24) is 5.01 Å². The average molecular weight is 395 g/mol. The highest BCUT2D eigenvalue weighted by Gasteiger charge is 2.55. The van der Waals surface area contributed by atoms with Crippen LogP contribution in [0.4, 0.5) is 15.8 Å². The molecule has 9 heteroatoms. The van der Waals surface area contributed by atoms with Crippen LogP contribution < -0.4 is 10.2 Å². The summed E-state index contributed by atoms with van der Waals surface area (Å²) in [5.41, 5.74) is 1.56. The standard InChI is InChI=1S/C20H18FN5O3/c1-2-12-7-9-13(10-8-12)26-19(28)17-18(20(26)29)25(24-23-17)11-16(27)22-15-6-4-3-5-14(15)21/h3-10,17-18H,2,11H2,1H3,(H,22,27)/t17-,18+/m1/s1. The molecule has 2 heterocycles. The summed E-state index contributed by atoms with van der Waals surface area (Å²) in [6, 6.07) is 10.9. The number of benzene rings is 2. The normalized spacial score (nSPS) is 20.3. The summed E-state index contributed by atoms with van der Waals surface area (Å²) in [7, 11) is 0.